The summed E-state index contributed by atoms with van der Waals surface area (Å²) in [6.07, 6.45) is 11.8. The van der Waals surface area contributed by atoms with Gasteiger partial charge in [-0.25, -0.2) is 20.0 Å². The normalized spacial score (nSPS) is 12.8. The molecule has 33 heteroatoms. The minimum Gasteiger partial charge on any atom is -0.481 e. The number of hydrogen-bond acceptors (Lipinski definition) is 23. The Morgan fingerprint density at radius 1 is 0.355 bits per heavy atom. The quantitative estimate of drug-likeness (QED) is 0.0163. The van der Waals surface area contributed by atoms with E-state index in [0.29, 0.717) is 140 Å². The zero-order valence-corrected chi connectivity index (χ0v) is 80.4. The molecule has 0 atom stereocenters. The van der Waals surface area contributed by atoms with Crippen LogP contribution in [-0.4, -0.2) is 220 Å². The molecular formula is C105H125ClN16O16. The molecule has 0 bridgehead atoms. The second-order valence-electron chi connectivity index (χ2n) is 34.7. The second kappa shape index (κ2) is 52.2. The van der Waals surface area contributed by atoms with Gasteiger partial charge in [-0.15, -0.1) is 12.4 Å². The van der Waals surface area contributed by atoms with Gasteiger partial charge in [-0.05, 0) is 182 Å². The Hall–Kier alpha value is -15.0. The predicted octanol–water partition coefficient (Wildman–Crippen LogP) is 12.5. The highest BCUT2D eigenvalue weighted by atomic mass is 35.5. The Kier molecular flexibility index (Phi) is 40.9. The average molecular weight is 1900 g/mol. The first-order chi connectivity index (χ1) is 65.3. The molecule has 0 radical (unpaired) electrons. The van der Waals surface area contributed by atoms with E-state index in [2.05, 4.69) is 20.0 Å². The number of primary amides is 3. The molecule has 0 unspecified atom stereocenters. The smallest absolute Gasteiger partial charge is 0.310 e. The van der Waals surface area contributed by atoms with Gasteiger partial charge in [0.05, 0.1) is 68.1 Å². The summed E-state index contributed by atoms with van der Waals surface area (Å²) >= 11 is 0. The number of carbonyl (C=O) groups excluding carboxylic acids is 9. The largest absolute Gasteiger partial charge is 0.481 e. The monoisotopic (exact) mass is 1900 g/mol. The SMILES string of the molecule is CCCN(CC(N)=O)C(=O)C1=Cc2ccc(-c3ccc(CC(=O)O)cc3)cc2N=C(N)C1.CCCN(CC(N)=O)C(=O)C1=Cc2ccc(-c3ccc(CC(=O)OC(C)(C)C)cc3)cc2N=C(N)C1.CCCN(CC(N)=O)C(=O)C1=Cc2ccc(-c3ccc(CC(=O)OCCN(C)C)cc3)cc2N=C(N)C1.CCCN(CCCO)C(=O)C1=Cc2ccc(-c3ccc(CC(=O)O)cc3)cc2N=C(N)C1.Cl. The summed E-state index contributed by atoms with van der Waals surface area (Å²) in [5.74, 6) is -3.56. The Morgan fingerprint density at radius 2 is 0.609 bits per heavy atom. The van der Waals surface area contributed by atoms with Crippen LogP contribution in [0.1, 0.15) is 151 Å². The number of amides is 7. The highest BCUT2D eigenvalue weighted by Gasteiger charge is 2.29. The van der Waals surface area contributed by atoms with Crippen molar-refractivity contribution in [3.8, 4) is 44.5 Å². The number of aliphatic imine (C=N–C) groups is 4. The van der Waals surface area contributed by atoms with Crippen LogP contribution in [-0.2, 0) is 87.9 Å². The van der Waals surface area contributed by atoms with Crippen LogP contribution in [0, 0.1) is 0 Å². The standard InChI is InChI=1S/C28H35N5O4.C28H34N4O4.C25H29N3O4.C24H26N4O4.ClH/c1-4-11-33(18-26(30)34)28(36)23-15-22-10-9-21(16-24(22)31-25(29)17-23)20-7-5-19(6-8-20)14-27(35)37-13-12-32(2)3;1-5-12-32(17-25(30)33)27(35)22-14-21-11-10-20(15-23(21)31-24(29)16-22)19-8-6-18(7-9-19)13-26(34)36-28(2,3)4;1-2-10-28(11-3-12-29)25(32)21-14-20-9-8-19(15-22(20)27-23(26)16-21)18-6-4-17(5-7-18)13-24(30)31;1-2-9-28(14-22(26)29)24(32)19-11-18-8-7-17(12-20(18)27-21(25)13-19)16-5-3-15(4-6-16)10-23(30)31;/h5-10,15-16H,4,11-14,17-18H2,1-3H3,(H2,29,31)(H2,30,34);6-11,14-15H,5,12-13,16-17H2,1-4H3,(H2,29,31)(H2,30,33);4-9,14-15,29H,2-3,10-13,16H2,1H3,(H2,26,27)(H,30,31);3-8,11-12H,2,9-10,13-14H2,1H3,(H2,25,27)(H2,26,29)(H,30,31);1H. The lowest BCUT2D eigenvalue weighted by atomic mass is 9.99. The first-order valence-electron chi connectivity index (χ1n) is 45.4. The summed E-state index contributed by atoms with van der Waals surface area (Å²) < 4.78 is 10.7. The number of nitrogens with two attached hydrogens (primary N) is 7. The molecule has 0 saturated heterocycles. The number of amidine groups is 4. The fourth-order valence-corrected chi connectivity index (χ4v) is 15.3. The number of carboxylic acid groups (broad SMARTS) is 2. The minimum atomic E-state index is -0.877. The summed E-state index contributed by atoms with van der Waals surface area (Å²) in [5, 5.41) is 27.0. The number of rotatable bonds is 36. The topological polar surface area (TPSA) is 515 Å². The maximum Gasteiger partial charge on any atom is 0.310 e. The van der Waals surface area contributed by atoms with Crippen molar-refractivity contribution in [3.63, 3.8) is 0 Å². The number of carbonyl (C=O) groups is 11. The molecule has 4 aliphatic heterocycles. The highest BCUT2D eigenvalue weighted by Crippen LogP contribution is 2.38. The van der Waals surface area contributed by atoms with Crippen LogP contribution in [0.25, 0.3) is 68.8 Å². The molecule has 728 valence electrons. The zero-order chi connectivity index (χ0) is 99.7. The van der Waals surface area contributed by atoms with E-state index in [4.69, 9.17) is 64.9 Å². The number of aliphatic hydroxyl groups excluding tert-OH is 1. The summed E-state index contributed by atoms with van der Waals surface area (Å²) in [7, 11) is 3.86. The van der Waals surface area contributed by atoms with Crippen molar-refractivity contribution in [2.45, 2.75) is 138 Å². The molecule has 0 aromatic heterocycles. The van der Waals surface area contributed by atoms with Crippen molar-refractivity contribution in [3.05, 3.63) is 237 Å². The summed E-state index contributed by atoms with van der Waals surface area (Å²) in [5.41, 5.74) is 58.3. The number of nitrogens with zero attached hydrogens (tertiary/aromatic N) is 9. The fraction of sp³-hybridized carbons (Fsp3) is 0.324. The molecular weight excluding hydrogens is 1780 g/mol. The van der Waals surface area contributed by atoms with Gasteiger partial charge >= 0.3 is 23.9 Å². The maximum absolute atomic E-state index is 13.1. The van der Waals surface area contributed by atoms with Gasteiger partial charge in [-0.2, -0.15) is 0 Å². The van der Waals surface area contributed by atoms with Gasteiger partial charge in [-0.3, -0.25) is 52.7 Å². The van der Waals surface area contributed by atoms with Crippen molar-refractivity contribution in [2.24, 2.45) is 60.1 Å². The van der Waals surface area contributed by atoms with Crippen LogP contribution in [0.15, 0.2) is 212 Å². The number of ether oxygens (including phenoxy) is 2. The first kappa shape index (κ1) is 108. The molecule has 32 nitrogen and oxygen atoms in total. The third kappa shape index (κ3) is 33.5. The van der Waals surface area contributed by atoms with Crippen LogP contribution in [0.2, 0.25) is 0 Å². The van der Waals surface area contributed by atoms with E-state index in [9.17, 15) is 52.7 Å². The molecule has 0 aliphatic carbocycles. The van der Waals surface area contributed by atoms with Crippen LogP contribution in [0.4, 0.5) is 22.7 Å². The van der Waals surface area contributed by atoms with Gasteiger partial charge in [0.1, 0.15) is 35.6 Å². The number of hydrogen-bond donors (Lipinski definition) is 10. The third-order valence-electron chi connectivity index (χ3n) is 21.6. The maximum atomic E-state index is 13.1. The first-order valence-corrected chi connectivity index (χ1v) is 45.4. The number of aliphatic carboxylic acids is 2. The Labute approximate surface area is 810 Å². The molecule has 8 aromatic carbocycles. The van der Waals surface area contributed by atoms with E-state index < -0.39 is 35.3 Å². The van der Waals surface area contributed by atoms with Gasteiger partial charge in [0.2, 0.25) is 23.6 Å². The molecule has 8 aromatic rings. The summed E-state index contributed by atoms with van der Waals surface area (Å²) in [6.45, 7) is 16.4. The number of fused-ring (bicyclic) bond motifs is 4. The number of halogens is 1. The number of carboxylic acids is 2. The molecule has 4 heterocycles. The van der Waals surface area contributed by atoms with E-state index in [0.717, 1.165) is 95.4 Å². The summed E-state index contributed by atoms with van der Waals surface area (Å²) in [4.78, 5) is 159. The van der Waals surface area contributed by atoms with Crippen molar-refractivity contribution in [1.29, 1.82) is 0 Å². The van der Waals surface area contributed by atoms with Crippen molar-refractivity contribution in [1.82, 2.24) is 24.5 Å². The number of esters is 2. The van der Waals surface area contributed by atoms with Crippen molar-refractivity contribution in [2.75, 3.05) is 86.2 Å². The second-order valence-corrected chi connectivity index (χ2v) is 34.7. The van der Waals surface area contributed by atoms with Gasteiger partial charge in [0.15, 0.2) is 0 Å². The lowest BCUT2D eigenvalue weighted by molar-refractivity contribution is -0.154. The Bertz CT molecular complexity index is 6010. The Balaban J connectivity index is 0.000000226. The van der Waals surface area contributed by atoms with Gasteiger partial charge in [0, 0.05) is 116 Å². The van der Waals surface area contributed by atoms with Crippen molar-refractivity contribution < 1.29 is 77.5 Å². The number of likely N-dealkylation sites (N-methyl/N-ethyl adjacent to an activating group) is 1. The van der Waals surface area contributed by atoms with Gasteiger partial charge < -0.3 is 89.4 Å². The lowest BCUT2D eigenvalue weighted by Crippen LogP contribution is -2.40. The predicted molar refractivity (Wildman–Crippen MR) is 542 cm³/mol. The highest BCUT2D eigenvalue weighted by molar-refractivity contribution is 6.10. The fourth-order valence-electron chi connectivity index (χ4n) is 15.3. The molecule has 12 rings (SSSR count). The van der Waals surface area contributed by atoms with E-state index in [1.54, 1.807) is 47.4 Å². The Morgan fingerprint density at radius 3 is 0.855 bits per heavy atom. The van der Waals surface area contributed by atoms with Gasteiger partial charge in [-0.1, -0.05) is 173 Å². The molecule has 4 aliphatic rings. The third-order valence-corrected chi connectivity index (χ3v) is 21.6. The molecule has 0 spiro atoms. The van der Waals surface area contributed by atoms with E-state index in [-0.39, 0.29) is 126 Å². The molecule has 0 fully saturated rings. The van der Waals surface area contributed by atoms with Crippen LogP contribution in [0.5, 0.6) is 0 Å². The number of aliphatic hydroxyl groups is 1. The van der Waals surface area contributed by atoms with Gasteiger partial charge in [0.25, 0.3) is 17.7 Å². The molecule has 138 heavy (non-hydrogen) atoms. The van der Waals surface area contributed by atoms with E-state index in [1.807, 2.05) is 219 Å². The van der Waals surface area contributed by atoms with Crippen LogP contribution in [0.3, 0.4) is 0 Å². The average Bonchev–Trinajstić information content (AvgIpc) is 1.80. The van der Waals surface area contributed by atoms with E-state index in [1.165, 1.54) is 14.7 Å². The van der Waals surface area contributed by atoms with E-state index >= 15 is 0 Å². The lowest BCUT2D eigenvalue weighted by Gasteiger charge is -2.23. The van der Waals surface area contributed by atoms with Crippen LogP contribution < -0.4 is 40.1 Å². The minimum absolute atomic E-state index is 0. The number of benzene rings is 8. The molecule has 7 amide bonds. The van der Waals surface area contributed by atoms with Crippen molar-refractivity contribution >= 4 is 148 Å². The van der Waals surface area contributed by atoms with Crippen LogP contribution >= 0.6 is 12.4 Å². The molecule has 0 saturated carbocycles. The zero-order valence-electron chi connectivity index (χ0n) is 79.6. The molecule has 17 N–H and O–H groups in total. The summed E-state index contributed by atoms with van der Waals surface area (Å²) in [6, 6.07) is 53.1.